The molecule has 0 bridgehead atoms. The summed E-state index contributed by atoms with van der Waals surface area (Å²) in [6, 6.07) is 23.7. The van der Waals surface area contributed by atoms with Crippen LogP contribution in [0.5, 0.6) is 0 Å². The van der Waals surface area contributed by atoms with Crippen molar-refractivity contribution in [1.82, 2.24) is 9.97 Å². The van der Waals surface area contributed by atoms with Gasteiger partial charge in [0.15, 0.2) is 9.84 Å². The lowest BCUT2D eigenvalue weighted by Gasteiger charge is -2.13. The van der Waals surface area contributed by atoms with Crippen LogP contribution in [0.1, 0.15) is 11.1 Å². The summed E-state index contributed by atoms with van der Waals surface area (Å²) in [7, 11) is -3.97. The number of sulfone groups is 1. The van der Waals surface area contributed by atoms with E-state index in [0.29, 0.717) is 44.5 Å². The summed E-state index contributed by atoms with van der Waals surface area (Å²) in [6.07, 6.45) is 6.27. The summed E-state index contributed by atoms with van der Waals surface area (Å²) >= 11 is 0. The minimum Gasteiger partial charge on any atom is -0.264 e. The van der Waals surface area contributed by atoms with Crippen LogP contribution in [-0.2, 0) is 21.3 Å². The van der Waals surface area contributed by atoms with E-state index in [0.717, 1.165) is 0 Å². The Hall–Kier alpha value is -5.15. The van der Waals surface area contributed by atoms with Crippen molar-refractivity contribution in [2.45, 2.75) is 11.5 Å². The van der Waals surface area contributed by atoms with Gasteiger partial charge in [-0.15, -0.1) is 0 Å². The third kappa shape index (κ3) is 6.68. The number of hydrogen-bond donors (Lipinski definition) is 0. The van der Waals surface area contributed by atoms with Gasteiger partial charge in [-0.3, -0.25) is 9.97 Å². The van der Waals surface area contributed by atoms with Crippen molar-refractivity contribution in [2.24, 2.45) is 0 Å². The van der Waals surface area contributed by atoms with Crippen LogP contribution in [0.2, 0.25) is 0 Å². The Morgan fingerprint density at radius 3 is 1.22 bits per heavy atom. The van der Waals surface area contributed by atoms with Crippen molar-refractivity contribution in [3.05, 3.63) is 156 Å². The zero-order valence-electron chi connectivity index (χ0n) is 23.6. The third-order valence-corrected chi connectivity index (χ3v) is 8.93. The molecule has 0 amide bonds. The smallest absolute Gasteiger partial charge is 0.158 e. The molecular formula is C36H24F4N2O2S. The van der Waals surface area contributed by atoms with Gasteiger partial charge in [-0.05, 0) is 81.9 Å². The van der Waals surface area contributed by atoms with Gasteiger partial charge in [0.2, 0.25) is 0 Å². The van der Waals surface area contributed by atoms with Gasteiger partial charge in [-0.25, -0.2) is 26.0 Å². The highest BCUT2D eigenvalue weighted by atomic mass is 32.2. The number of pyridine rings is 2. The molecule has 224 valence electrons. The van der Waals surface area contributed by atoms with E-state index in [-0.39, 0.29) is 22.8 Å². The SMILES string of the molecule is O=S(=O)(Cc1ccc(-c2cnccc2-c2ccc(F)cc2)cc1F)Cc1ccc(-c2cnccc2-c2ccc(F)cc2)cc1F. The average molecular weight is 625 g/mol. The number of aromatic nitrogens is 2. The molecule has 0 N–H and O–H groups in total. The van der Waals surface area contributed by atoms with E-state index in [9.17, 15) is 17.2 Å². The average Bonchev–Trinajstić information content (AvgIpc) is 3.04. The van der Waals surface area contributed by atoms with Gasteiger partial charge in [0.05, 0.1) is 11.5 Å². The molecule has 0 atom stereocenters. The minimum atomic E-state index is -3.97. The zero-order chi connectivity index (χ0) is 31.6. The van der Waals surface area contributed by atoms with Crippen molar-refractivity contribution < 1.29 is 26.0 Å². The maximum absolute atomic E-state index is 15.3. The summed E-state index contributed by atoms with van der Waals surface area (Å²) in [5, 5.41) is 0. The third-order valence-electron chi connectivity index (χ3n) is 7.43. The van der Waals surface area contributed by atoms with Crippen LogP contribution in [-0.4, -0.2) is 18.4 Å². The van der Waals surface area contributed by atoms with Crippen molar-refractivity contribution in [3.63, 3.8) is 0 Å². The number of nitrogens with zero attached hydrogens (tertiary/aromatic N) is 2. The zero-order valence-corrected chi connectivity index (χ0v) is 24.4. The topological polar surface area (TPSA) is 59.9 Å². The lowest BCUT2D eigenvalue weighted by molar-refractivity contribution is 0.581. The standard InChI is InChI=1S/C36H24F4N2O2S/c37-29-9-5-23(6-10-29)31-13-15-41-19-33(31)25-1-3-27(35(39)17-25)21-45(43,44)22-28-4-2-26(18-36(28)40)34-20-42-16-14-32(34)24-7-11-30(38)12-8-24/h1-20H,21-22H2. The van der Waals surface area contributed by atoms with Gasteiger partial charge in [0.25, 0.3) is 0 Å². The highest BCUT2D eigenvalue weighted by Gasteiger charge is 2.20. The summed E-state index contributed by atoms with van der Waals surface area (Å²) in [5.41, 5.74) is 4.86. The Kier molecular flexibility index (Phi) is 8.28. The van der Waals surface area contributed by atoms with E-state index in [2.05, 4.69) is 9.97 Å². The quantitative estimate of drug-likeness (QED) is 0.159. The second kappa shape index (κ2) is 12.5. The first-order valence-corrected chi connectivity index (χ1v) is 15.7. The minimum absolute atomic E-state index is 0.0534. The fraction of sp³-hybridized carbons (Fsp3) is 0.0556. The summed E-state index contributed by atoms with van der Waals surface area (Å²) < 4.78 is 83.6. The van der Waals surface area contributed by atoms with Gasteiger partial charge in [0.1, 0.15) is 23.3 Å². The van der Waals surface area contributed by atoms with Crippen LogP contribution in [0, 0.1) is 23.3 Å². The van der Waals surface area contributed by atoms with Crippen molar-refractivity contribution in [3.8, 4) is 44.5 Å². The Morgan fingerprint density at radius 1 is 0.467 bits per heavy atom. The molecule has 0 saturated carbocycles. The molecule has 0 aliphatic rings. The fourth-order valence-corrected chi connectivity index (χ4v) is 6.72. The molecule has 45 heavy (non-hydrogen) atoms. The first kappa shape index (κ1) is 29.9. The highest BCUT2D eigenvalue weighted by Crippen LogP contribution is 2.34. The lowest BCUT2D eigenvalue weighted by atomic mass is 9.96. The Morgan fingerprint density at radius 2 is 0.844 bits per heavy atom. The van der Waals surface area contributed by atoms with E-state index < -0.39 is 33.0 Å². The molecule has 6 rings (SSSR count). The van der Waals surface area contributed by atoms with Crippen LogP contribution in [0.4, 0.5) is 17.6 Å². The predicted octanol–water partition coefficient (Wildman–Crippen LogP) is 8.82. The first-order chi connectivity index (χ1) is 21.7. The van der Waals surface area contributed by atoms with E-state index in [1.807, 2.05) is 0 Å². The predicted molar refractivity (Wildman–Crippen MR) is 166 cm³/mol. The normalized spacial score (nSPS) is 11.5. The maximum Gasteiger partial charge on any atom is 0.158 e. The van der Waals surface area contributed by atoms with Crippen LogP contribution in [0.15, 0.2) is 122 Å². The summed E-state index contributed by atoms with van der Waals surface area (Å²) in [5.74, 6) is -3.49. The molecule has 2 heterocycles. The second-order valence-electron chi connectivity index (χ2n) is 10.5. The van der Waals surface area contributed by atoms with Gasteiger partial charge in [-0.2, -0.15) is 0 Å². The van der Waals surface area contributed by atoms with Crippen molar-refractivity contribution >= 4 is 9.84 Å². The van der Waals surface area contributed by atoms with E-state index in [4.69, 9.17) is 0 Å². The van der Waals surface area contributed by atoms with E-state index in [1.165, 1.54) is 48.5 Å². The van der Waals surface area contributed by atoms with Crippen LogP contribution < -0.4 is 0 Å². The molecule has 4 aromatic carbocycles. The van der Waals surface area contributed by atoms with Gasteiger partial charge in [-0.1, -0.05) is 48.5 Å². The van der Waals surface area contributed by atoms with Gasteiger partial charge < -0.3 is 0 Å². The lowest BCUT2D eigenvalue weighted by Crippen LogP contribution is -2.10. The summed E-state index contributed by atoms with van der Waals surface area (Å²) in [4.78, 5) is 8.27. The van der Waals surface area contributed by atoms with Crippen molar-refractivity contribution in [2.75, 3.05) is 0 Å². The first-order valence-electron chi connectivity index (χ1n) is 13.8. The molecule has 0 aliphatic heterocycles. The molecule has 0 aliphatic carbocycles. The molecule has 2 aromatic heterocycles. The molecule has 0 fully saturated rings. The molecule has 6 aromatic rings. The largest absolute Gasteiger partial charge is 0.264 e. The van der Waals surface area contributed by atoms with Crippen molar-refractivity contribution in [1.29, 1.82) is 0 Å². The van der Waals surface area contributed by atoms with E-state index >= 15 is 8.78 Å². The molecule has 4 nitrogen and oxygen atoms in total. The Labute approximate surface area is 257 Å². The molecule has 0 unspecified atom stereocenters. The molecule has 0 radical (unpaired) electrons. The Balaban J connectivity index is 1.22. The monoisotopic (exact) mass is 624 g/mol. The molecular weight excluding hydrogens is 600 g/mol. The second-order valence-corrected chi connectivity index (χ2v) is 12.6. The molecule has 0 saturated heterocycles. The van der Waals surface area contributed by atoms with Gasteiger partial charge >= 0.3 is 0 Å². The summed E-state index contributed by atoms with van der Waals surface area (Å²) in [6.45, 7) is 0. The number of hydrogen-bond acceptors (Lipinski definition) is 4. The maximum atomic E-state index is 15.3. The number of halogens is 4. The Bertz CT molecular complexity index is 1970. The van der Waals surface area contributed by atoms with Gasteiger partial charge in [0, 0.05) is 47.0 Å². The number of rotatable bonds is 8. The highest BCUT2D eigenvalue weighted by molar-refractivity contribution is 7.89. The molecule has 9 heteroatoms. The molecule has 0 spiro atoms. The van der Waals surface area contributed by atoms with Crippen LogP contribution >= 0.6 is 0 Å². The van der Waals surface area contributed by atoms with Crippen LogP contribution in [0.25, 0.3) is 44.5 Å². The van der Waals surface area contributed by atoms with E-state index in [1.54, 1.807) is 73.3 Å². The number of benzene rings is 4. The fourth-order valence-electron chi connectivity index (χ4n) is 5.20. The van der Waals surface area contributed by atoms with Crippen LogP contribution in [0.3, 0.4) is 0 Å².